The van der Waals surface area contributed by atoms with Crippen molar-refractivity contribution in [2.45, 2.75) is 20.3 Å². The lowest BCUT2D eigenvalue weighted by Crippen LogP contribution is -2.25. The summed E-state index contributed by atoms with van der Waals surface area (Å²) in [6.07, 6.45) is 0.742. The molecule has 0 bridgehead atoms. The Labute approximate surface area is 159 Å². The van der Waals surface area contributed by atoms with E-state index in [4.69, 9.17) is 10.5 Å². The molecule has 0 saturated carbocycles. The molecule has 0 fully saturated rings. The normalized spacial score (nSPS) is 12.8. The second-order valence-corrected chi connectivity index (χ2v) is 6.79. The number of benzene rings is 1. The van der Waals surface area contributed by atoms with Crippen molar-refractivity contribution in [1.82, 2.24) is 9.88 Å². The highest BCUT2D eigenvalue weighted by molar-refractivity contribution is 6.23. The molecule has 1 aliphatic rings. The van der Waals surface area contributed by atoms with E-state index < -0.39 is 23.3 Å². The Bertz CT molecular complexity index is 1050. The van der Waals surface area contributed by atoms with E-state index in [0.717, 1.165) is 17.1 Å². The van der Waals surface area contributed by atoms with Crippen LogP contribution >= 0.6 is 0 Å². The van der Waals surface area contributed by atoms with Gasteiger partial charge in [0, 0.05) is 6.07 Å². The summed E-state index contributed by atoms with van der Waals surface area (Å²) in [5, 5.41) is 11.4. The monoisotopic (exact) mass is 385 g/mol. The number of nitrogens with two attached hydrogens (primary N) is 1. The number of carboxylic acid groups (broad SMARTS) is 1. The highest BCUT2D eigenvalue weighted by Gasteiger charge is 2.32. The minimum atomic E-state index is -1.20. The van der Waals surface area contributed by atoms with E-state index in [2.05, 4.69) is 5.32 Å². The molecule has 2 amide bonds. The highest BCUT2D eigenvalue weighted by Crippen LogP contribution is 2.29. The molecule has 2 aromatic rings. The third kappa shape index (κ3) is 3.34. The van der Waals surface area contributed by atoms with Gasteiger partial charge in [0.05, 0.1) is 29.0 Å². The van der Waals surface area contributed by atoms with Crippen LogP contribution in [0.5, 0.6) is 5.75 Å². The van der Waals surface area contributed by atoms with Crippen LogP contribution in [0.2, 0.25) is 0 Å². The SMILES string of the molecule is CC(C)CCOc1ccc(C(=O)O)cc1-n1c(N)c2c(cc1=O)C(=O)NC2=O. The summed E-state index contributed by atoms with van der Waals surface area (Å²) < 4.78 is 6.72. The third-order valence-electron chi connectivity index (χ3n) is 4.35. The molecule has 0 atom stereocenters. The van der Waals surface area contributed by atoms with Gasteiger partial charge in [-0.3, -0.25) is 24.3 Å². The van der Waals surface area contributed by atoms with Crippen LogP contribution in [0, 0.1) is 5.92 Å². The van der Waals surface area contributed by atoms with E-state index in [1.54, 1.807) is 0 Å². The van der Waals surface area contributed by atoms with Crippen molar-refractivity contribution >= 4 is 23.6 Å². The molecule has 0 aliphatic carbocycles. The Morgan fingerprint density at radius 3 is 2.57 bits per heavy atom. The first-order valence-electron chi connectivity index (χ1n) is 8.62. The summed E-state index contributed by atoms with van der Waals surface area (Å²) in [5.74, 6) is -2.27. The molecule has 3 rings (SSSR count). The zero-order valence-corrected chi connectivity index (χ0v) is 15.3. The molecule has 9 heteroatoms. The van der Waals surface area contributed by atoms with Gasteiger partial charge in [0.25, 0.3) is 17.4 Å². The van der Waals surface area contributed by atoms with Gasteiger partial charge in [-0.25, -0.2) is 4.79 Å². The van der Waals surface area contributed by atoms with Gasteiger partial charge in [0.15, 0.2) is 0 Å². The summed E-state index contributed by atoms with van der Waals surface area (Å²) in [7, 11) is 0. The maximum atomic E-state index is 12.7. The molecule has 4 N–H and O–H groups in total. The average Bonchev–Trinajstić information content (AvgIpc) is 2.89. The summed E-state index contributed by atoms with van der Waals surface area (Å²) in [6, 6.07) is 5.02. The van der Waals surface area contributed by atoms with Crippen LogP contribution in [0.4, 0.5) is 5.82 Å². The standard InChI is InChI=1S/C19H19N3O6/c1-9(2)5-6-28-13-4-3-10(19(26)27)7-12(13)22-14(23)8-11-15(16(22)20)18(25)21-17(11)24/h3-4,7-9H,5-6,20H2,1-2H3,(H,26,27)(H,21,24,25). The van der Waals surface area contributed by atoms with Crippen LogP contribution in [0.25, 0.3) is 5.69 Å². The van der Waals surface area contributed by atoms with Crippen LogP contribution in [-0.4, -0.2) is 34.1 Å². The molecular weight excluding hydrogens is 366 g/mol. The van der Waals surface area contributed by atoms with E-state index in [1.807, 2.05) is 13.8 Å². The van der Waals surface area contributed by atoms with Crippen molar-refractivity contribution in [3.05, 3.63) is 51.3 Å². The maximum Gasteiger partial charge on any atom is 0.335 e. The molecule has 0 saturated heterocycles. The van der Waals surface area contributed by atoms with Gasteiger partial charge in [-0.05, 0) is 30.5 Å². The van der Waals surface area contributed by atoms with Crippen molar-refractivity contribution < 1.29 is 24.2 Å². The largest absolute Gasteiger partial charge is 0.491 e. The lowest BCUT2D eigenvalue weighted by molar-refractivity contribution is 0.0696. The Hall–Kier alpha value is -3.62. The molecule has 28 heavy (non-hydrogen) atoms. The first-order valence-corrected chi connectivity index (χ1v) is 8.62. The van der Waals surface area contributed by atoms with Crippen LogP contribution in [0.1, 0.15) is 51.3 Å². The summed E-state index contributed by atoms with van der Waals surface area (Å²) >= 11 is 0. The number of nitrogens with one attached hydrogen (secondary N) is 1. The van der Waals surface area contributed by atoms with Crippen molar-refractivity contribution in [2.75, 3.05) is 12.3 Å². The number of hydrogen-bond acceptors (Lipinski definition) is 6. The molecular formula is C19H19N3O6. The van der Waals surface area contributed by atoms with Crippen molar-refractivity contribution in [3.8, 4) is 11.4 Å². The van der Waals surface area contributed by atoms with Gasteiger partial charge in [-0.2, -0.15) is 0 Å². The van der Waals surface area contributed by atoms with E-state index >= 15 is 0 Å². The Balaban J connectivity index is 2.19. The zero-order valence-electron chi connectivity index (χ0n) is 15.3. The summed E-state index contributed by atoms with van der Waals surface area (Å²) in [6.45, 7) is 4.39. The van der Waals surface area contributed by atoms with Gasteiger partial charge in [0.1, 0.15) is 11.6 Å². The van der Waals surface area contributed by atoms with Crippen molar-refractivity contribution in [2.24, 2.45) is 5.92 Å². The van der Waals surface area contributed by atoms with Crippen LogP contribution < -0.4 is 21.3 Å². The maximum absolute atomic E-state index is 12.7. The Morgan fingerprint density at radius 1 is 1.21 bits per heavy atom. The van der Waals surface area contributed by atoms with E-state index in [-0.39, 0.29) is 33.9 Å². The molecule has 1 aromatic heterocycles. The number of anilines is 1. The minimum Gasteiger partial charge on any atom is -0.491 e. The van der Waals surface area contributed by atoms with Gasteiger partial charge >= 0.3 is 5.97 Å². The van der Waals surface area contributed by atoms with Gasteiger partial charge in [-0.15, -0.1) is 0 Å². The molecule has 9 nitrogen and oxygen atoms in total. The fourth-order valence-corrected chi connectivity index (χ4v) is 2.88. The highest BCUT2D eigenvalue weighted by atomic mass is 16.5. The summed E-state index contributed by atoms with van der Waals surface area (Å²) in [4.78, 5) is 47.9. The summed E-state index contributed by atoms with van der Waals surface area (Å²) in [5.41, 5.74) is 5.12. The smallest absolute Gasteiger partial charge is 0.335 e. The molecule has 0 unspecified atom stereocenters. The lowest BCUT2D eigenvalue weighted by Gasteiger charge is -2.17. The number of carboxylic acids is 1. The van der Waals surface area contributed by atoms with Gasteiger partial charge < -0.3 is 15.6 Å². The number of amides is 2. The number of aromatic carboxylic acids is 1. The molecule has 0 spiro atoms. The van der Waals surface area contributed by atoms with Crippen LogP contribution in [0.15, 0.2) is 29.1 Å². The number of nitrogens with zero attached hydrogens (tertiary/aromatic N) is 1. The van der Waals surface area contributed by atoms with Crippen molar-refractivity contribution in [3.63, 3.8) is 0 Å². The second-order valence-electron chi connectivity index (χ2n) is 6.79. The van der Waals surface area contributed by atoms with Gasteiger partial charge in [0.2, 0.25) is 0 Å². The molecule has 2 heterocycles. The fourth-order valence-electron chi connectivity index (χ4n) is 2.88. The number of rotatable bonds is 6. The number of ether oxygens (including phenoxy) is 1. The quantitative estimate of drug-likeness (QED) is 0.639. The Morgan fingerprint density at radius 2 is 1.93 bits per heavy atom. The van der Waals surface area contributed by atoms with E-state index in [0.29, 0.717) is 12.5 Å². The predicted molar refractivity (Wildman–Crippen MR) is 100 cm³/mol. The predicted octanol–water partition coefficient (Wildman–Crippen LogP) is 1.43. The van der Waals surface area contributed by atoms with Crippen LogP contribution in [-0.2, 0) is 0 Å². The minimum absolute atomic E-state index is 0.0844. The van der Waals surface area contributed by atoms with Gasteiger partial charge in [-0.1, -0.05) is 13.8 Å². The van der Waals surface area contributed by atoms with Crippen molar-refractivity contribution in [1.29, 1.82) is 0 Å². The lowest BCUT2D eigenvalue weighted by atomic mass is 10.1. The number of imide groups is 1. The second kappa shape index (κ2) is 7.18. The number of fused-ring (bicyclic) bond motifs is 1. The van der Waals surface area contributed by atoms with E-state index in [1.165, 1.54) is 18.2 Å². The third-order valence-corrected chi connectivity index (χ3v) is 4.35. The fraction of sp³-hybridized carbons (Fsp3) is 0.263. The van der Waals surface area contributed by atoms with E-state index in [9.17, 15) is 24.3 Å². The number of aromatic nitrogens is 1. The number of hydrogen-bond donors (Lipinski definition) is 3. The molecule has 0 radical (unpaired) electrons. The molecule has 1 aliphatic heterocycles. The number of nitrogen functional groups attached to an aromatic ring is 1. The first kappa shape index (κ1) is 19.2. The van der Waals surface area contributed by atoms with Crippen LogP contribution in [0.3, 0.4) is 0 Å². The Kier molecular flexibility index (Phi) is 4.91. The first-order chi connectivity index (χ1) is 13.2. The number of pyridine rings is 1. The number of carbonyl (C=O) groups excluding carboxylic acids is 2. The number of carbonyl (C=O) groups is 3. The zero-order chi connectivity index (χ0) is 20.6. The molecule has 1 aromatic carbocycles. The average molecular weight is 385 g/mol. The topological polar surface area (TPSA) is 141 Å². The molecule has 146 valence electrons.